The number of methoxy groups -OCH3 is 1. The third kappa shape index (κ3) is 2.62. The maximum atomic E-state index is 12.9. The van der Waals surface area contributed by atoms with E-state index < -0.39 is 0 Å². The molecule has 1 aromatic carbocycles. The minimum atomic E-state index is -0.262. The fraction of sp³-hybridized carbons (Fsp3) is 0.500. The molecule has 134 valence electrons. The summed E-state index contributed by atoms with van der Waals surface area (Å²) in [4.78, 5) is 32.1. The number of aromatic nitrogens is 2. The molecule has 0 aliphatic heterocycles. The van der Waals surface area contributed by atoms with Crippen molar-refractivity contribution in [1.82, 2.24) is 14.9 Å². The topological polar surface area (TPSA) is 78.2 Å². The number of nitrogens with zero attached hydrogens (tertiary/aromatic N) is 1. The van der Waals surface area contributed by atoms with Crippen LogP contribution < -0.4 is 5.56 Å². The molecule has 0 radical (unpaired) electrons. The van der Waals surface area contributed by atoms with E-state index in [1.807, 2.05) is 7.05 Å². The number of rotatable bonds is 3. The highest BCUT2D eigenvalue weighted by Gasteiger charge is 2.59. The molecular weight excluding hydrogens is 338 g/mol. The molecule has 0 spiro atoms. The lowest BCUT2D eigenvalue weighted by Gasteiger charge is -2.61. The van der Waals surface area contributed by atoms with Crippen LogP contribution in [0.2, 0.25) is 0 Å². The monoisotopic (exact) mass is 361 g/mol. The van der Waals surface area contributed by atoms with Crippen LogP contribution >= 0.6 is 12.2 Å². The van der Waals surface area contributed by atoms with Crippen LogP contribution in [0.3, 0.4) is 0 Å². The quantitative estimate of drug-likeness (QED) is 0.824. The number of hydrogen-bond acceptors (Lipinski definition) is 4. The summed E-state index contributed by atoms with van der Waals surface area (Å²) in [6, 6.07) is 5.08. The van der Waals surface area contributed by atoms with Crippen molar-refractivity contribution in [3.63, 3.8) is 0 Å². The van der Waals surface area contributed by atoms with Crippen LogP contribution in [0.5, 0.6) is 0 Å². The SMILES string of the molecule is CO[C@]1(C)C[C@H](N(C)C(=O)c2ccc3c(=O)[nH]c(=S)[nH]c3c2)C1(C)C. The Bertz CT molecular complexity index is 962. The molecule has 0 unspecified atom stereocenters. The zero-order chi connectivity index (χ0) is 18.6. The third-order valence-electron chi connectivity index (χ3n) is 6.00. The molecule has 1 aliphatic carbocycles. The van der Waals surface area contributed by atoms with Crippen molar-refractivity contribution >= 4 is 29.0 Å². The van der Waals surface area contributed by atoms with Gasteiger partial charge in [0.25, 0.3) is 11.5 Å². The Morgan fingerprint density at radius 2 is 2.00 bits per heavy atom. The number of amides is 1. The molecule has 25 heavy (non-hydrogen) atoms. The average molecular weight is 361 g/mol. The van der Waals surface area contributed by atoms with E-state index in [0.29, 0.717) is 16.5 Å². The fourth-order valence-electron chi connectivity index (χ4n) is 3.72. The van der Waals surface area contributed by atoms with Gasteiger partial charge in [0.15, 0.2) is 4.77 Å². The molecular formula is C18H23N3O3S. The Labute approximate surface area is 151 Å². The first-order valence-corrected chi connectivity index (χ1v) is 8.60. The van der Waals surface area contributed by atoms with E-state index in [4.69, 9.17) is 17.0 Å². The summed E-state index contributed by atoms with van der Waals surface area (Å²) in [5.41, 5.74) is 0.422. The van der Waals surface area contributed by atoms with Crippen molar-refractivity contribution in [2.24, 2.45) is 5.41 Å². The van der Waals surface area contributed by atoms with Crippen LogP contribution in [-0.4, -0.2) is 46.6 Å². The van der Waals surface area contributed by atoms with E-state index >= 15 is 0 Å². The number of ether oxygens (including phenoxy) is 1. The minimum Gasteiger partial charge on any atom is -0.378 e. The van der Waals surface area contributed by atoms with Gasteiger partial charge < -0.3 is 14.6 Å². The zero-order valence-corrected chi connectivity index (χ0v) is 15.9. The second kappa shape index (κ2) is 5.78. The van der Waals surface area contributed by atoms with Crippen LogP contribution in [0.1, 0.15) is 37.6 Å². The summed E-state index contributed by atoms with van der Waals surface area (Å²) in [6.45, 7) is 6.31. The fourth-order valence-corrected chi connectivity index (χ4v) is 3.93. The van der Waals surface area contributed by atoms with E-state index in [0.717, 1.165) is 6.42 Å². The van der Waals surface area contributed by atoms with E-state index in [9.17, 15) is 9.59 Å². The summed E-state index contributed by atoms with van der Waals surface area (Å²) in [5.74, 6) is -0.0854. The first kappa shape index (κ1) is 17.8. The lowest BCUT2D eigenvalue weighted by Crippen LogP contribution is -2.68. The smallest absolute Gasteiger partial charge is 0.259 e. The van der Waals surface area contributed by atoms with E-state index in [-0.39, 0.29) is 33.3 Å². The highest BCUT2D eigenvalue weighted by atomic mass is 32.1. The van der Waals surface area contributed by atoms with Crippen molar-refractivity contribution in [1.29, 1.82) is 0 Å². The van der Waals surface area contributed by atoms with Gasteiger partial charge in [0.1, 0.15) is 0 Å². The summed E-state index contributed by atoms with van der Waals surface area (Å²) in [5, 5.41) is 0.476. The molecule has 3 rings (SSSR count). The number of H-pyrrole nitrogens is 2. The first-order chi connectivity index (χ1) is 11.6. The summed E-state index contributed by atoms with van der Waals surface area (Å²) in [6.07, 6.45) is 0.786. The Balaban J connectivity index is 1.92. The number of fused-ring (bicyclic) bond motifs is 1. The van der Waals surface area contributed by atoms with Gasteiger partial charge in [-0.2, -0.15) is 0 Å². The highest BCUT2D eigenvalue weighted by Crippen LogP contribution is 2.53. The van der Waals surface area contributed by atoms with Gasteiger partial charge in [-0.25, -0.2) is 0 Å². The van der Waals surface area contributed by atoms with Gasteiger partial charge in [0, 0.05) is 31.2 Å². The minimum absolute atomic E-state index is 0.0818. The van der Waals surface area contributed by atoms with Crippen molar-refractivity contribution in [2.45, 2.75) is 38.8 Å². The number of hydrogen-bond donors (Lipinski definition) is 2. The molecule has 2 aromatic rings. The molecule has 6 nitrogen and oxygen atoms in total. The number of aromatic amines is 2. The van der Waals surface area contributed by atoms with Crippen LogP contribution in [0, 0.1) is 10.2 Å². The number of carbonyl (C=O) groups is 1. The largest absolute Gasteiger partial charge is 0.378 e. The van der Waals surface area contributed by atoms with Crippen molar-refractivity contribution < 1.29 is 9.53 Å². The van der Waals surface area contributed by atoms with Gasteiger partial charge >= 0.3 is 0 Å². The van der Waals surface area contributed by atoms with E-state index in [2.05, 4.69) is 30.7 Å². The zero-order valence-electron chi connectivity index (χ0n) is 15.1. The molecule has 1 heterocycles. The van der Waals surface area contributed by atoms with E-state index in [1.165, 1.54) is 0 Å². The predicted molar refractivity (Wildman–Crippen MR) is 99.4 cm³/mol. The Morgan fingerprint density at radius 3 is 2.60 bits per heavy atom. The first-order valence-electron chi connectivity index (χ1n) is 8.19. The second-order valence-electron chi connectivity index (χ2n) is 7.46. The molecule has 1 saturated carbocycles. The Hall–Kier alpha value is -1.99. The van der Waals surface area contributed by atoms with Crippen molar-refractivity contribution in [3.8, 4) is 0 Å². The lowest BCUT2D eigenvalue weighted by molar-refractivity contribution is -0.198. The van der Waals surface area contributed by atoms with Crippen LogP contribution in [0.15, 0.2) is 23.0 Å². The van der Waals surface area contributed by atoms with Gasteiger partial charge in [-0.3, -0.25) is 14.6 Å². The van der Waals surface area contributed by atoms with Crippen molar-refractivity contribution in [3.05, 3.63) is 38.9 Å². The standard InChI is InChI=1S/C18H23N3O3S/c1-17(2)13(9-18(17,3)24-5)21(4)15(23)10-6-7-11-12(8-10)19-16(25)20-14(11)22/h6-8,13H,9H2,1-5H3,(H2,19,20,22,25)/t13-,18+/m0/s1. The number of carbonyl (C=O) groups excluding carboxylic acids is 1. The van der Waals surface area contributed by atoms with Gasteiger partial charge in [-0.05, 0) is 43.8 Å². The van der Waals surface area contributed by atoms with Gasteiger partial charge in [-0.15, -0.1) is 0 Å². The lowest BCUT2D eigenvalue weighted by atomic mass is 9.55. The Kier molecular flexibility index (Phi) is 4.12. The van der Waals surface area contributed by atoms with Crippen LogP contribution in [-0.2, 0) is 4.74 Å². The van der Waals surface area contributed by atoms with Crippen LogP contribution in [0.4, 0.5) is 0 Å². The predicted octanol–water partition coefficient (Wildman–Crippen LogP) is 2.86. The van der Waals surface area contributed by atoms with Crippen molar-refractivity contribution in [2.75, 3.05) is 14.2 Å². The molecule has 2 atom stereocenters. The molecule has 1 aromatic heterocycles. The maximum absolute atomic E-state index is 12.9. The molecule has 1 amide bonds. The number of nitrogens with one attached hydrogen (secondary N) is 2. The summed E-state index contributed by atoms with van der Waals surface area (Å²) in [7, 11) is 3.52. The second-order valence-corrected chi connectivity index (χ2v) is 7.87. The summed E-state index contributed by atoms with van der Waals surface area (Å²) >= 11 is 5.01. The summed E-state index contributed by atoms with van der Waals surface area (Å²) < 4.78 is 5.89. The molecule has 7 heteroatoms. The number of benzene rings is 1. The molecule has 2 N–H and O–H groups in total. The molecule has 1 fully saturated rings. The average Bonchev–Trinajstić information content (AvgIpc) is 2.57. The van der Waals surface area contributed by atoms with Crippen LogP contribution in [0.25, 0.3) is 10.9 Å². The Morgan fingerprint density at radius 1 is 1.32 bits per heavy atom. The maximum Gasteiger partial charge on any atom is 0.259 e. The molecule has 1 aliphatic rings. The van der Waals surface area contributed by atoms with E-state index in [1.54, 1.807) is 30.2 Å². The van der Waals surface area contributed by atoms with Gasteiger partial charge in [0.2, 0.25) is 0 Å². The highest BCUT2D eigenvalue weighted by molar-refractivity contribution is 7.71. The normalized spacial score (nSPS) is 24.8. The van der Waals surface area contributed by atoms with Gasteiger partial charge in [0.05, 0.1) is 16.5 Å². The third-order valence-corrected chi connectivity index (χ3v) is 6.21. The molecule has 0 bridgehead atoms. The van der Waals surface area contributed by atoms with Gasteiger partial charge in [-0.1, -0.05) is 13.8 Å². The molecule has 0 saturated heterocycles.